The topological polar surface area (TPSA) is 70.5 Å². The number of aromatic nitrogens is 1. The van der Waals surface area contributed by atoms with Crippen LogP contribution in [-0.2, 0) is 9.59 Å². The lowest BCUT2D eigenvalue weighted by atomic mass is 9.94. The molecule has 2 rings (SSSR count). The van der Waals surface area contributed by atoms with Gasteiger partial charge in [0.2, 0.25) is 5.91 Å². The molecule has 0 spiro atoms. The quantitative estimate of drug-likeness (QED) is 0.914. The standard InChI is InChI=1S/C15H20N2O3/c1-10(11-6-8-16-9-7-11)17(2)14(18)12-4-3-5-13(12)15(19)20/h6-10,12-13H,3-5H2,1-2H3,(H,19,20)/t10?,12-,13+/m1/s1. The summed E-state index contributed by atoms with van der Waals surface area (Å²) in [4.78, 5) is 29.3. The average molecular weight is 276 g/mol. The minimum Gasteiger partial charge on any atom is -0.481 e. The first-order chi connectivity index (χ1) is 9.52. The summed E-state index contributed by atoms with van der Waals surface area (Å²) in [5.74, 6) is -1.85. The van der Waals surface area contributed by atoms with Crippen LogP contribution in [0.5, 0.6) is 0 Å². The molecule has 1 heterocycles. The molecule has 20 heavy (non-hydrogen) atoms. The Morgan fingerprint density at radius 3 is 2.50 bits per heavy atom. The second-order valence-electron chi connectivity index (χ2n) is 5.39. The van der Waals surface area contributed by atoms with Crippen molar-refractivity contribution >= 4 is 11.9 Å². The number of pyridine rings is 1. The van der Waals surface area contributed by atoms with Crippen LogP contribution in [0.15, 0.2) is 24.5 Å². The summed E-state index contributed by atoms with van der Waals surface area (Å²) in [6.07, 6.45) is 5.47. The fourth-order valence-corrected chi connectivity index (χ4v) is 2.87. The van der Waals surface area contributed by atoms with Gasteiger partial charge in [0.1, 0.15) is 0 Å². The van der Waals surface area contributed by atoms with Crippen LogP contribution in [-0.4, -0.2) is 33.9 Å². The van der Waals surface area contributed by atoms with Crippen molar-refractivity contribution in [3.05, 3.63) is 30.1 Å². The maximum Gasteiger partial charge on any atom is 0.307 e. The highest BCUT2D eigenvalue weighted by molar-refractivity contribution is 5.85. The van der Waals surface area contributed by atoms with E-state index in [2.05, 4.69) is 4.98 Å². The van der Waals surface area contributed by atoms with Crippen molar-refractivity contribution in [1.82, 2.24) is 9.88 Å². The van der Waals surface area contributed by atoms with Gasteiger partial charge in [-0.25, -0.2) is 0 Å². The van der Waals surface area contributed by atoms with Crippen LogP contribution in [0, 0.1) is 11.8 Å². The summed E-state index contributed by atoms with van der Waals surface area (Å²) < 4.78 is 0. The number of carbonyl (C=O) groups is 2. The van der Waals surface area contributed by atoms with Crippen LogP contribution in [0.1, 0.15) is 37.8 Å². The third-order valence-electron chi connectivity index (χ3n) is 4.27. The van der Waals surface area contributed by atoms with Crippen LogP contribution in [0.2, 0.25) is 0 Å². The number of amides is 1. The summed E-state index contributed by atoms with van der Waals surface area (Å²) in [5, 5.41) is 9.19. The first-order valence-electron chi connectivity index (χ1n) is 6.91. The van der Waals surface area contributed by atoms with Crippen LogP contribution in [0.4, 0.5) is 0 Å². The van der Waals surface area contributed by atoms with Gasteiger partial charge in [0, 0.05) is 19.4 Å². The van der Waals surface area contributed by atoms with Crippen LogP contribution in [0.25, 0.3) is 0 Å². The van der Waals surface area contributed by atoms with Crippen molar-refractivity contribution in [2.45, 2.75) is 32.2 Å². The van der Waals surface area contributed by atoms with E-state index in [1.54, 1.807) is 24.3 Å². The van der Waals surface area contributed by atoms with Crippen LogP contribution in [0.3, 0.4) is 0 Å². The maximum atomic E-state index is 12.5. The van der Waals surface area contributed by atoms with Crippen molar-refractivity contribution in [2.75, 3.05) is 7.05 Å². The van der Waals surface area contributed by atoms with Gasteiger partial charge in [0.15, 0.2) is 0 Å². The first-order valence-corrected chi connectivity index (χ1v) is 6.91. The molecular formula is C15H20N2O3. The second kappa shape index (κ2) is 6.03. The zero-order valence-electron chi connectivity index (χ0n) is 11.8. The van der Waals surface area contributed by atoms with E-state index < -0.39 is 11.9 Å². The summed E-state index contributed by atoms with van der Waals surface area (Å²) in [5.41, 5.74) is 1.00. The van der Waals surface area contributed by atoms with Gasteiger partial charge in [0.25, 0.3) is 0 Å². The maximum absolute atomic E-state index is 12.5. The van der Waals surface area contributed by atoms with Gasteiger partial charge in [-0.3, -0.25) is 14.6 Å². The number of rotatable bonds is 4. The van der Waals surface area contributed by atoms with E-state index in [-0.39, 0.29) is 17.9 Å². The van der Waals surface area contributed by atoms with Crippen molar-refractivity contribution in [3.8, 4) is 0 Å². The Labute approximate surface area is 118 Å². The van der Waals surface area contributed by atoms with Crippen molar-refractivity contribution in [3.63, 3.8) is 0 Å². The monoisotopic (exact) mass is 276 g/mol. The summed E-state index contributed by atoms with van der Waals surface area (Å²) in [6, 6.07) is 3.66. The second-order valence-corrected chi connectivity index (χ2v) is 5.39. The molecule has 1 unspecified atom stereocenters. The van der Waals surface area contributed by atoms with E-state index in [1.165, 1.54) is 0 Å². The first kappa shape index (κ1) is 14.5. The largest absolute Gasteiger partial charge is 0.481 e. The normalized spacial score (nSPS) is 23.3. The van der Waals surface area contributed by atoms with Gasteiger partial charge in [-0.2, -0.15) is 0 Å². The van der Waals surface area contributed by atoms with Gasteiger partial charge >= 0.3 is 5.97 Å². The van der Waals surface area contributed by atoms with E-state index in [9.17, 15) is 14.7 Å². The highest BCUT2D eigenvalue weighted by Gasteiger charge is 2.39. The molecule has 5 nitrogen and oxygen atoms in total. The van der Waals surface area contributed by atoms with Gasteiger partial charge < -0.3 is 10.0 Å². The van der Waals surface area contributed by atoms with Gasteiger partial charge in [-0.05, 0) is 37.5 Å². The molecule has 0 radical (unpaired) electrons. The SMILES string of the molecule is CC(c1ccncc1)N(C)C(=O)[C@@H]1CCC[C@@H]1C(=O)O. The molecule has 1 aromatic rings. The smallest absolute Gasteiger partial charge is 0.307 e. The summed E-state index contributed by atoms with van der Waals surface area (Å²) in [7, 11) is 1.74. The lowest BCUT2D eigenvalue weighted by Gasteiger charge is -2.29. The van der Waals surface area contributed by atoms with Crippen molar-refractivity contribution in [2.24, 2.45) is 11.8 Å². The third-order valence-corrected chi connectivity index (χ3v) is 4.27. The molecule has 5 heteroatoms. The van der Waals surface area contributed by atoms with Crippen molar-refractivity contribution < 1.29 is 14.7 Å². The van der Waals surface area contributed by atoms with Crippen molar-refractivity contribution in [1.29, 1.82) is 0 Å². The van der Waals surface area contributed by atoms with E-state index in [4.69, 9.17) is 0 Å². The number of carbonyl (C=O) groups excluding carboxylic acids is 1. The molecular weight excluding hydrogens is 256 g/mol. The molecule has 1 aliphatic rings. The summed E-state index contributed by atoms with van der Waals surface area (Å²) in [6.45, 7) is 1.94. The van der Waals surface area contributed by atoms with E-state index in [0.29, 0.717) is 12.8 Å². The molecule has 0 saturated heterocycles. The molecule has 1 saturated carbocycles. The molecule has 1 fully saturated rings. The predicted molar refractivity (Wildman–Crippen MR) is 73.9 cm³/mol. The van der Waals surface area contributed by atoms with Gasteiger partial charge in [0.05, 0.1) is 17.9 Å². The molecule has 108 valence electrons. The predicted octanol–water partition coefficient (Wildman–Crippen LogP) is 2.10. The Morgan fingerprint density at radius 1 is 1.30 bits per heavy atom. The molecule has 1 aliphatic carbocycles. The molecule has 0 bridgehead atoms. The fraction of sp³-hybridized carbons (Fsp3) is 0.533. The number of hydrogen-bond acceptors (Lipinski definition) is 3. The van der Waals surface area contributed by atoms with Crippen LogP contribution < -0.4 is 0 Å². The fourth-order valence-electron chi connectivity index (χ4n) is 2.87. The Balaban J connectivity index is 2.10. The minimum absolute atomic E-state index is 0.0702. The average Bonchev–Trinajstić information content (AvgIpc) is 2.95. The molecule has 0 aromatic carbocycles. The summed E-state index contributed by atoms with van der Waals surface area (Å²) >= 11 is 0. The number of carboxylic acid groups (broad SMARTS) is 1. The molecule has 1 N–H and O–H groups in total. The third kappa shape index (κ3) is 2.81. The Kier molecular flexibility index (Phi) is 4.37. The Bertz CT molecular complexity index is 489. The van der Waals surface area contributed by atoms with E-state index in [1.807, 2.05) is 19.1 Å². The molecule has 0 aliphatic heterocycles. The Hall–Kier alpha value is -1.91. The molecule has 1 aromatic heterocycles. The number of nitrogens with zero attached hydrogens (tertiary/aromatic N) is 2. The lowest BCUT2D eigenvalue weighted by Crippen LogP contribution is -2.38. The Morgan fingerprint density at radius 2 is 1.90 bits per heavy atom. The van der Waals surface area contributed by atoms with Gasteiger partial charge in [-0.1, -0.05) is 6.42 Å². The van der Waals surface area contributed by atoms with E-state index >= 15 is 0 Å². The lowest BCUT2D eigenvalue weighted by molar-refractivity contribution is -0.149. The highest BCUT2D eigenvalue weighted by Crippen LogP contribution is 2.34. The zero-order valence-corrected chi connectivity index (χ0v) is 11.8. The zero-order chi connectivity index (χ0) is 14.7. The number of carboxylic acids is 1. The molecule has 3 atom stereocenters. The molecule has 1 amide bonds. The minimum atomic E-state index is -0.856. The van der Waals surface area contributed by atoms with E-state index in [0.717, 1.165) is 12.0 Å². The van der Waals surface area contributed by atoms with Crippen LogP contribution >= 0.6 is 0 Å². The van der Waals surface area contributed by atoms with Gasteiger partial charge in [-0.15, -0.1) is 0 Å². The highest BCUT2D eigenvalue weighted by atomic mass is 16.4. The number of aliphatic carboxylic acids is 1. The number of hydrogen-bond donors (Lipinski definition) is 1.